The lowest BCUT2D eigenvalue weighted by atomic mass is 10.2. The second-order valence-corrected chi connectivity index (χ2v) is 4.63. The predicted molar refractivity (Wildman–Crippen MR) is 75.3 cm³/mol. The molecule has 0 amide bonds. The standard InChI is InChI=1S/C15H21NO3/c1-11(9-17-3)18-10-13(16-2)15-8-12-6-4-5-7-14(12)19-15/h4-8,11,13,16H,9-10H2,1-3H3. The van der Waals surface area contributed by atoms with E-state index in [1.54, 1.807) is 7.11 Å². The number of benzene rings is 1. The highest BCUT2D eigenvalue weighted by Gasteiger charge is 2.16. The maximum Gasteiger partial charge on any atom is 0.134 e. The number of para-hydroxylation sites is 1. The predicted octanol–water partition coefficient (Wildman–Crippen LogP) is 2.74. The van der Waals surface area contributed by atoms with Crippen molar-refractivity contribution in [3.05, 3.63) is 36.1 Å². The van der Waals surface area contributed by atoms with Crippen molar-refractivity contribution in [2.75, 3.05) is 27.4 Å². The summed E-state index contributed by atoms with van der Waals surface area (Å²) in [5.74, 6) is 0.897. The summed E-state index contributed by atoms with van der Waals surface area (Å²) >= 11 is 0. The summed E-state index contributed by atoms with van der Waals surface area (Å²) in [6, 6.07) is 10.1. The molecule has 4 nitrogen and oxygen atoms in total. The first-order chi connectivity index (χ1) is 9.24. The van der Waals surface area contributed by atoms with Crippen molar-refractivity contribution in [3.63, 3.8) is 0 Å². The molecule has 2 rings (SSSR count). The van der Waals surface area contributed by atoms with E-state index >= 15 is 0 Å². The van der Waals surface area contributed by atoms with Crippen LogP contribution in [0.1, 0.15) is 18.7 Å². The van der Waals surface area contributed by atoms with E-state index in [4.69, 9.17) is 13.9 Å². The maximum absolute atomic E-state index is 5.84. The van der Waals surface area contributed by atoms with E-state index in [2.05, 4.69) is 11.4 Å². The van der Waals surface area contributed by atoms with Gasteiger partial charge in [0.1, 0.15) is 11.3 Å². The van der Waals surface area contributed by atoms with Gasteiger partial charge in [-0.2, -0.15) is 0 Å². The number of methoxy groups -OCH3 is 1. The van der Waals surface area contributed by atoms with Gasteiger partial charge in [-0.05, 0) is 26.1 Å². The molecule has 0 radical (unpaired) electrons. The molecule has 104 valence electrons. The Balaban J connectivity index is 2.04. The van der Waals surface area contributed by atoms with Gasteiger partial charge in [0.25, 0.3) is 0 Å². The van der Waals surface area contributed by atoms with Gasteiger partial charge in [0, 0.05) is 12.5 Å². The van der Waals surface area contributed by atoms with Crippen LogP contribution < -0.4 is 5.32 Å². The molecule has 2 unspecified atom stereocenters. The second kappa shape index (κ2) is 6.70. The number of ether oxygens (including phenoxy) is 2. The zero-order valence-electron chi connectivity index (χ0n) is 11.7. The van der Waals surface area contributed by atoms with Gasteiger partial charge in [0.2, 0.25) is 0 Å². The van der Waals surface area contributed by atoms with Crippen LogP contribution in [-0.4, -0.2) is 33.5 Å². The van der Waals surface area contributed by atoms with Crippen LogP contribution in [0, 0.1) is 0 Å². The van der Waals surface area contributed by atoms with Crippen molar-refractivity contribution < 1.29 is 13.9 Å². The van der Waals surface area contributed by atoms with Crippen LogP contribution in [0.5, 0.6) is 0 Å². The molecule has 0 aliphatic rings. The first kappa shape index (κ1) is 14.1. The van der Waals surface area contributed by atoms with Crippen molar-refractivity contribution in [1.29, 1.82) is 0 Å². The third-order valence-electron chi connectivity index (χ3n) is 3.09. The molecular weight excluding hydrogens is 242 g/mol. The van der Waals surface area contributed by atoms with Crippen LogP contribution >= 0.6 is 0 Å². The Bertz CT molecular complexity index is 476. The average Bonchev–Trinajstić information content (AvgIpc) is 2.83. The maximum atomic E-state index is 5.84. The molecule has 0 aliphatic heterocycles. The number of rotatable bonds is 7. The van der Waals surface area contributed by atoms with Gasteiger partial charge in [-0.25, -0.2) is 0 Å². The van der Waals surface area contributed by atoms with E-state index in [0.29, 0.717) is 13.2 Å². The minimum Gasteiger partial charge on any atom is -0.459 e. The molecule has 19 heavy (non-hydrogen) atoms. The van der Waals surface area contributed by atoms with Gasteiger partial charge in [-0.3, -0.25) is 0 Å². The van der Waals surface area contributed by atoms with Crippen LogP contribution in [0.4, 0.5) is 0 Å². The highest BCUT2D eigenvalue weighted by molar-refractivity contribution is 5.77. The van der Waals surface area contributed by atoms with Crippen LogP contribution in [-0.2, 0) is 9.47 Å². The Kier molecular flexibility index (Phi) is 4.96. The van der Waals surface area contributed by atoms with Crippen LogP contribution in [0.15, 0.2) is 34.7 Å². The number of furan rings is 1. The first-order valence-corrected chi connectivity index (χ1v) is 6.51. The van der Waals surface area contributed by atoms with Crippen LogP contribution in [0.2, 0.25) is 0 Å². The monoisotopic (exact) mass is 263 g/mol. The Morgan fingerprint density at radius 1 is 1.26 bits per heavy atom. The van der Waals surface area contributed by atoms with Crippen LogP contribution in [0.3, 0.4) is 0 Å². The van der Waals surface area contributed by atoms with Crippen molar-refractivity contribution in [2.45, 2.75) is 19.1 Å². The largest absolute Gasteiger partial charge is 0.459 e. The van der Waals surface area contributed by atoms with Gasteiger partial charge in [0.05, 0.1) is 25.4 Å². The molecule has 0 fully saturated rings. The molecule has 2 aromatic rings. The summed E-state index contributed by atoms with van der Waals surface area (Å²) in [6.45, 7) is 3.15. The summed E-state index contributed by atoms with van der Waals surface area (Å²) in [4.78, 5) is 0. The van der Waals surface area contributed by atoms with Gasteiger partial charge >= 0.3 is 0 Å². The minimum atomic E-state index is 0.0479. The molecule has 0 spiro atoms. The van der Waals surface area contributed by atoms with Gasteiger partial charge in [-0.15, -0.1) is 0 Å². The van der Waals surface area contributed by atoms with Crippen molar-refractivity contribution >= 4 is 11.0 Å². The summed E-state index contributed by atoms with van der Waals surface area (Å²) in [7, 11) is 3.58. The van der Waals surface area contributed by atoms with Gasteiger partial charge < -0.3 is 19.2 Å². The van der Waals surface area contributed by atoms with E-state index in [1.807, 2.05) is 38.2 Å². The number of hydrogen-bond acceptors (Lipinski definition) is 4. The highest BCUT2D eigenvalue weighted by atomic mass is 16.5. The lowest BCUT2D eigenvalue weighted by molar-refractivity contribution is -0.00172. The Hall–Kier alpha value is -1.36. The summed E-state index contributed by atoms with van der Waals surface area (Å²) in [6.07, 6.45) is 0.0743. The highest BCUT2D eigenvalue weighted by Crippen LogP contribution is 2.24. The fourth-order valence-electron chi connectivity index (χ4n) is 2.03. The second-order valence-electron chi connectivity index (χ2n) is 4.63. The third kappa shape index (κ3) is 3.56. The molecule has 1 aromatic carbocycles. The van der Waals surface area contributed by atoms with E-state index in [-0.39, 0.29) is 12.1 Å². The normalized spacial score (nSPS) is 14.7. The summed E-state index contributed by atoms with van der Waals surface area (Å²) in [5.41, 5.74) is 0.905. The number of hydrogen-bond donors (Lipinski definition) is 1. The van der Waals surface area contributed by atoms with Crippen molar-refractivity contribution in [1.82, 2.24) is 5.32 Å². The topological polar surface area (TPSA) is 43.6 Å². The number of nitrogens with one attached hydrogen (secondary N) is 1. The zero-order valence-corrected chi connectivity index (χ0v) is 11.7. The van der Waals surface area contributed by atoms with E-state index in [0.717, 1.165) is 16.7 Å². The molecule has 2 atom stereocenters. The van der Waals surface area contributed by atoms with Gasteiger partial charge in [0.15, 0.2) is 0 Å². The van der Waals surface area contributed by atoms with Gasteiger partial charge in [-0.1, -0.05) is 18.2 Å². The van der Waals surface area contributed by atoms with Crippen molar-refractivity contribution in [3.8, 4) is 0 Å². The molecular formula is C15H21NO3. The summed E-state index contributed by atoms with van der Waals surface area (Å²) in [5, 5.41) is 4.33. The smallest absolute Gasteiger partial charge is 0.134 e. The van der Waals surface area contributed by atoms with E-state index in [1.165, 1.54) is 0 Å². The summed E-state index contributed by atoms with van der Waals surface area (Å²) < 4.78 is 16.6. The quantitative estimate of drug-likeness (QED) is 0.834. The van der Waals surface area contributed by atoms with E-state index in [9.17, 15) is 0 Å². The molecule has 0 saturated heterocycles. The average molecular weight is 263 g/mol. The lowest BCUT2D eigenvalue weighted by Crippen LogP contribution is -2.25. The zero-order chi connectivity index (χ0) is 13.7. The molecule has 1 aromatic heterocycles. The minimum absolute atomic E-state index is 0.0479. The van der Waals surface area contributed by atoms with Crippen molar-refractivity contribution in [2.24, 2.45) is 0 Å². The third-order valence-corrected chi connectivity index (χ3v) is 3.09. The Morgan fingerprint density at radius 3 is 2.74 bits per heavy atom. The SMILES string of the molecule is CNC(COC(C)COC)c1cc2ccccc2o1. The molecule has 4 heteroatoms. The molecule has 0 saturated carbocycles. The number of likely N-dealkylation sites (N-methyl/N-ethyl adjacent to an activating group) is 1. The molecule has 0 bridgehead atoms. The van der Waals surface area contributed by atoms with Crippen LogP contribution in [0.25, 0.3) is 11.0 Å². The fourth-order valence-corrected chi connectivity index (χ4v) is 2.03. The number of fused-ring (bicyclic) bond motifs is 1. The Morgan fingerprint density at radius 2 is 2.05 bits per heavy atom. The lowest BCUT2D eigenvalue weighted by Gasteiger charge is -2.17. The first-order valence-electron chi connectivity index (χ1n) is 6.51. The van der Waals surface area contributed by atoms with E-state index < -0.39 is 0 Å². The fraction of sp³-hybridized carbons (Fsp3) is 0.467. The molecule has 1 heterocycles. The molecule has 0 aliphatic carbocycles. The molecule has 1 N–H and O–H groups in total. The Labute approximate surface area is 113 Å².